The van der Waals surface area contributed by atoms with E-state index >= 15 is 0 Å². The second-order valence-corrected chi connectivity index (χ2v) is 5.73. The van der Waals surface area contributed by atoms with Gasteiger partial charge in [-0.15, -0.1) is 0 Å². The van der Waals surface area contributed by atoms with Crippen LogP contribution in [0.2, 0.25) is 0 Å². The van der Waals surface area contributed by atoms with Crippen LogP contribution in [0.4, 0.5) is 0 Å². The summed E-state index contributed by atoms with van der Waals surface area (Å²) in [6, 6.07) is 0.613. The molecular formula is C13H28N2O. The minimum atomic E-state index is 0.215. The zero-order chi connectivity index (χ0) is 12.2. The summed E-state index contributed by atoms with van der Waals surface area (Å²) < 4.78 is 5.47. The highest BCUT2D eigenvalue weighted by Gasteiger charge is 2.27. The van der Waals surface area contributed by atoms with Crippen molar-refractivity contribution in [3.05, 3.63) is 0 Å². The molecule has 1 rings (SSSR count). The van der Waals surface area contributed by atoms with Crippen LogP contribution in [0.15, 0.2) is 0 Å². The minimum Gasteiger partial charge on any atom is -0.381 e. The predicted octanol–water partition coefficient (Wildman–Crippen LogP) is 1.73. The molecule has 1 heterocycles. The highest BCUT2D eigenvalue weighted by molar-refractivity contribution is 4.85. The molecule has 0 aromatic carbocycles. The standard InChI is InChI=1S/C13H28N2O/c1-6-12(11-7-8-16-9-11)14-10-13(2,3)15(4)5/h11-12,14H,6-10H2,1-5H3. The summed E-state index contributed by atoms with van der Waals surface area (Å²) in [6.07, 6.45) is 2.41. The smallest absolute Gasteiger partial charge is 0.0509 e. The zero-order valence-electron chi connectivity index (χ0n) is 11.5. The molecule has 2 unspecified atom stereocenters. The summed E-state index contributed by atoms with van der Waals surface area (Å²) in [7, 11) is 4.28. The Kier molecular flexibility index (Phi) is 5.22. The minimum absolute atomic E-state index is 0.215. The summed E-state index contributed by atoms with van der Waals surface area (Å²) in [5.41, 5.74) is 0.215. The van der Waals surface area contributed by atoms with Crippen molar-refractivity contribution in [3.63, 3.8) is 0 Å². The van der Waals surface area contributed by atoms with Gasteiger partial charge in [-0.05, 0) is 46.7 Å². The molecule has 0 spiro atoms. The molecule has 1 saturated heterocycles. The van der Waals surface area contributed by atoms with Crippen LogP contribution in [0.5, 0.6) is 0 Å². The van der Waals surface area contributed by atoms with E-state index in [4.69, 9.17) is 4.74 Å². The second-order valence-electron chi connectivity index (χ2n) is 5.73. The van der Waals surface area contributed by atoms with Crippen molar-refractivity contribution in [1.82, 2.24) is 10.2 Å². The Morgan fingerprint density at radius 3 is 2.56 bits per heavy atom. The first kappa shape index (κ1) is 13.9. The fraction of sp³-hybridized carbons (Fsp3) is 1.00. The van der Waals surface area contributed by atoms with Crippen molar-refractivity contribution in [2.24, 2.45) is 5.92 Å². The molecule has 0 bridgehead atoms. The SMILES string of the molecule is CCC(NCC(C)(C)N(C)C)C1CCOC1. The summed E-state index contributed by atoms with van der Waals surface area (Å²) in [5, 5.41) is 3.71. The Bertz CT molecular complexity index is 198. The molecule has 1 aliphatic heterocycles. The number of hydrogen-bond donors (Lipinski definition) is 1. The average Bonchev–Trinajstić information content (AvgIpc) is 2.71. The van der Waals surface area contributed by atoms with Gasteiger partial charge in [-0.1, -0.05) is 6.92 Å². The van der Waals surface area contributed by atoms with Crippen molar-refractivity contribution >= 4 is 0 Å². The number of rotatable bonds is 6. The van der Waals surface area contributed by atoms with Crippen molar-refractivity contribution < 1.29 is 4.74 Å². The van der Waals surface area contributed by atoms with Gasteiger partial charge in [0.2, 0.25) is 0 Å². The fourth-order valence-corrected chi connectivity index (χ4v) is 2.05. The highest BCUT2D eigenvalue weighted by atomic mass is 16.5. The Morgan fingerprint density at radius 1 is 1.44 bits per heavy atom. The average molecular weight is 228 g/mol. The quantitative estimate of drug-likeness (QED) is 0.749. The van der Waals surface area contributed by atoms with E-state index in [1.54, 1.807) is 0 Å². The van der Waals surface area contributed by atoms with Crippen LogP contribution in [0, 0.1) is 5.92 Å². The molecule has 1 N–H and O–H groups in total. The predicted molar refractivity (Wildman–Crippen MR) is 68.8 cm³/mol. The summed E-state index contributed by atoms with van der Waals surface area (Å²) >= 11 is 0. The van der Waals surface area contributed by atoms with Crippen LogP contribution in [0.3, 0.4) is 0 Å². The molecular weight excluding hydrogens is 200 g/mol. The fourth-order valence-electron chi connectivity index (χ4n) is 2.05. The number of likely N-dealkylation sites (N-methyl/N-ethyl adjacent to an activating group) is 1. The van der Waals surface area contributed by atoms with Gasteiger partial charge in [-0.25, -0.2) is 0 Å². The van der Waals surface area contributed by atoms with E-state index in [1.165, 1.54) is 12.8 Å². The van der Waals surface area contributed by atoms with E-state index in [0.717, 1.165) is 19.8 Å². The molecule has 0 radical (unpaired) electrons. The zero-order valence-corrected chi connectivity index (χ0v) is 11.5. The first-order valence-corrected chi connectivity index (χ1v) is 6.46. The normalized spacial score (nSPS) is 24.0. The van der Waals surface area contributed by atoms with E-state index < -0.39 is 0 Å². The molecule has 0 saturated carbocycles. The van der Waals surface area contributed by atoms with Crippen molar-refractivity contribution in [2.45, 2.75) is 45.2 Å². The Morgan fingerprint density at radius 2 is 2.12 bits per heavy atom. The summed E-state index contributed by atoms with van der Waals surface area (Å²) in [5.74, 6) is 0.711. The third-order valence-electron chi connectivity index (χ3n) is 3.98. The van der Waals surface area contributed by atoms with Gasteiger partial charge in [-0.2, -0.15) is 0 Å². The van der Waals surface area contributed by atoms with Crippen LogP contribution in [-0.2, 0) is 4.74 Å². The first-order chi connectivity index (χ1) is 7.47. The lowest BCUT2D eigenvalue weighted by molar-refractivity contribution is 0.158. The highest BCUT2D eigenvalue weighted by Crippen LogP contribution is 2.19. The van der Waals surface area contributed by atoms with Crippen LogP contribution in [0.25, 0.3) is 0 Å². The molecule has 16 heavy (non-hydrogen) atoms. The van der Waals surface area contributed by atoms with E-state index in [2.05, 4.69) is 45.1 Å². The van der Waals surface area contributed by atoms with Crippen LogP contribution in [0.1, 0.15) is 33.6 Å². The van der Waals surface area contributed by atoms with Gasteiger partial charge in [0, 0.05) is 24.7 Å². The molecule has 3 heteroatoms. The molecule has 1 fully saturated rings. The summed E-state index contributed by atoms with van der Waals surface area (Å²) in [4.78, 5) is 2.28. The van der Waals surface area contributed by atoms with Crippen molar-refractivity contribution in [3.8, 4) is 0 Å². The maximum Gasteiger partial charge on any atom is 0.0509 e. The lowest BCUT2D eigenvalue weighted by Crippen LogP contribution is -2.50. The molecule has 0 aromatic rings. The lowest BCUT2D eigenvalue weighted by Gasteiger charge is -2.35. The first-order valence-electron chi connectivity index (χ1n) is 6.46. The molecule has 0 aromatic heterocycles. The van der Waals surface area contributed by atoms with E-state index in [-0.39, 0.29) is 5.54 Å². The molecule has 2 atom stereocenters. The molecule has 1 aliphatic rings. The van der Waals surface area contributed by atoms with Crippen molar-refractivity contribution in [2.75, 3.05) is 33.9 Å². The Balaban J connectivity index is 2.39. The number of ether oxygens (including phenoxy) is 1. The van der Waals surface area contributed by atoms with Gasteiger partial charge in [0.1, 0.15) is 0 Å². The molecule has 0 amide bonds. The van der Waals surface area contributed by atoms with Crippen molar-refractivity contribution in [1.29, 1.82) is 0 Å². The topological polar surface area (TPSA) is 24.5 Å². The second kappa shape index (κ2) is 5.99. The van der Waals surface area contributed by atoms with Gasteiger partial charge in [0.25, 0.3) is 0 Å². The Hall–Kier alpha value is -0.120. The van der Waals surface area contributed by atoms with Crippen LogP contribution >= 0.6 is 0 Å². The van der Waals surface area contributed by atoms with E-state index in [1.807, 2.05) is 0 Å². The van der Waals surface area contributed by atoms with E-state index in [9.17, 15) is 0 Å². The van der Waals surface area contributed by atoms with Gasteiger partial charge >= 0.3 is 0 Å². The maximum atomic E-state index is 5.47. The van der Waals surface area contributed by atoms with Crippen LogP contribution in [-0.4, -0.2) is 50.3 Å². The number of nitrogens with zero attached hydrogens (tertiary/aromatic N) is 1. The van der Waals surface area contributed by atoms with Gasteiger partial charge in [-0.3, -0.25) is 0 Å². The maximum absolute atomic E-state index is 5.47. The van der Waals surface area contributed by atoms with Gasteiger partial charge in [0.05, 0.1) is 6.61 Å². The molecule has 0 aliphatic carbocycles. The van der Waals surface area contributed by atoms with Gasteiger partial charge < -0.3 is 15.0 Å². The molecule has 3 nitrogen and oxygen atoms in total. The van der Waals surface area contributed by atoms with E-state index in [0.29, 0.717) is 12.0 Å². The Labute approximate surface area is 101 Å². The number of hydrogen-bond acceptors (Lipinski definition) is 3. The third kappa shape index (κ3) is 3.72. The van der Waals surface area contributed by atoms with Gasteiger partial charge in [0.15, 0.2) is 0 Å². The number of nitrogens with one attached hydrogen (secondary N) is 1. The lowest BCUT2D eigenvalue weighted by atomic mass is 9.95. The largest absolute Gasteiger partial charge is 0.381 e. The molecule has 96 valence electrons. The van der Waals surface area contributed by atoms with Crippen LogP contribution < -0.4 is 5.32 Å². The summed E-state index contributed by atoms with van der Waals surface area (Å²) in [6.45, 7) is 9.73. The monoisotopic (exact) mass is 228 g/mol. The third-order valence-corrected chi connectivity index (χ3v) is 3.98.